The Labute approximate surface area is 99.8 Å². The highest BCUT2D eigenvalue weighted by Crippen LogP contribution is 2.30. The van der Waals surface area contributed by atoms with E-state index in [2.05, 4.69) is 20.8 Å². The molecule has 0 bridgehead atoms. The lowest BCUT2D eigenvalue weighted by atomic mass is 9.85. The second-order valence-electron chi connectivity index (χ2n) is 5.44. The SMILES string of the molecule is CCC(CC)CC1CC(C)CC(C)OC1=O. The molecule has 2 nitrogen and oxygen atoms in total. The van der Waals surface area contributed by atoms with Gasteiger partial charge in [-0.1, -0.05) is 33.6 Å². The number of esters is 1. The number of hydrogen-bond acceptors (Lipinski definition) is 2. The molecule has 0 amide bonds. The van der Waals surface area contributed by atoms with Crippen LogP contribution in [0.1, 0.15) is 59.8 Å². The second-order valence-corrected chi connectivity index (χ2v) is 5.44. The third-order valence-corrected chi connectivity index (χ3v) is 3.84. The second kappa shape index (κ2) is 6.27. The summed E-state index contributed by atoms with van der Waals surface area (Å²) >= 11 is 0. The van der Waals surface area contributed by atoms with E-state index in [1.807, 2.05) is 6.92 Å². The molecule has 0 N–H and O–H groups in total. The average molecular weight is 226 g/mol. The Bertz CT molecular complexity index is 221. The van der Waals surface area contributed by atoms with Crippen molar-refractivity contribution in [3.05, 3.63) is 0 Å². The van der Waals surface area contributed by atoms with E-state index in [1.165, 1.54) is 12.8 Å². The van der Waals surface area contributed by atoms with E-state index in [0.717, 1.165) is 19.3 Å². The fourth-order valence-electron chi connectivity index (χ4n) is 2.80. The molecule has 0 spiro atoms. The maximum Gasteiger partial charge on any atom is 0.309 e. The summed E-state index contributed by atoms with van der Waals surface area (Å²) in [6.45, 7) is 8.66. The predicted octanol–water partition coefficient (Wildman–Crippen LogP) is 3.79. The third-order valence-electron chi connectivity index (χ3n) is 3.84. The molecule has 0 radical (unpaired) electrons. The van der Waals surface area contributed by atoms with E-state index in [9.17, 15) is 4.79 Å². The first-order chi connectivity index (χ1) is 7.56. The molecule has 0 aromatic rings. The Morgan fingerprint density at radius 2 is 1.88 bits per heavy atom. The zero-order valence-electron chi connectivity index (χ0n) is 11.2. The number of ether oxygens (including phenoxy) is 1. The van der Waals surface area contributed by atoms with Crippen LogP contribution in [0.5, 0.6) is 0 Å². The van der Waals surface area contributed by atoms with Gasteiger partial charge in [-0.25, -0.2) is 0 Å². The summed E-state index contributed by atoms with van der Waals surface area (Å²) in [5, 5.41) is 0. The summed E-state index contributed by atoms with van der Waals surface area (Å²) in [6.07, 6.45) is 5.50. The Hall–Kier alpha value is -0.530. The first-order valence-electron chi connectivity index (χ1n) is 6.77. The highest BCUT2D eigenvalue weighted by Gasteiger charge is 2.30. The minimum atomic E-state index is 0.0451. The molecule has 1 heterocycles. The molecule has 1 aliphatic heterocycles. The lowest BCUT2D eigenvalue weighted by molar-refractivity contribution is -0.152. The summed E-state index contributed by atoms with van der Waals surface area (Å²) in [7, 11) is 0. The summed E-state index contributed by atoms with van der Waals surface area (Å²) in [5.41, 5.74) is 0. The maximum absolute atomic E-state index is 11.9. The van der Waals surface area contributed by atoms with Crippen molar-refractivity contribution >= 4 is 5.97 Å². The lowest BCUT2D eigenvalue weighted by Gasteiger charge is -2.19. The fourth-order valence-corrected chi connectivity index (χ4v) is 2.80. The largest absolute Gasteiger partial charge is 0.462 e. The van der Waals surface area contributed by atoms with Crippen molar-refractivity contribution < 1.29 is 9.53 Å². The summed E-state index contributed by atoms with van der Waals surface area (Å²) in [6, 6.07) is 0. The molecule has 0 aromatic heterocycles. The van der Waals surface area contributed by atoms with E-state index in [0.29, 0.717) is 11.8 Å². The van der Waals surface area contributed by atoms with Crippen LogP contribution in [-0.4, -0.2) is 12.1 Å². The van der Waals surface area contributed by atoms with E-state index in [-0.39, 0.29) is 18.0 Å². The quantitative estimate of drug-likeness (QED) is 0.682. The highest BCUT2D eigenvalue weighted by atomic mass is 16.5. The van der Waals surface area contributed by atoms with Gasteiger partial charge in [0, 0.05) is 0 Å². The zero-order valence-corrected chi connectivity index (χ0v) is 11.2. The average Bonchev–Trinajstić information content (AvgIpc) is 2.33. The van der Waals surface area contributed by atoms with E-state index >= 15 is 0 Å². The van der Waals surface area contributed by atoms with Gasteiger partial charge in [0.05, 0.1) is 12.0 Å². The van der Waals surface area contributed by atoms with Gasteiger partial charge in [-0.2, -0.15) is 0 Å². The van der Waals surface area contributed by atoms with Crippen molar-refractivity contribution in [2.45, 2.75) is 65.9 Å². The molecule has 0 aromatic carbocycles. The van der Waals surface area contributed by atoms with Crippen LogP contribution in [0.2, 0.25) is 0 Å². The lowest BCUT2D eigenvalue weighted by Crippen LogP contribution is -2.21. The van der Waals surface area contributed by atoms with Crippen molar-refractivity contribution in [3.8, 4) is 0 Å². The van der Waals surface area contributed by atoms with Crippen LogP contribution in [0.3, 0.4) is 0 Å². The van der Waals surface area contributed by atoms with Gasteiger partial charge in [0.25, 0.3) is 0 Å². The van der Waals surface area contributed by atoms with Crippen LogP contribution >= 0.6 is 0 Å². The van der Waals surface area contributed by atoms with E-state index < -0.39 is 0 Å². The summed E-state index contributed by atoms with van der Waals surface area (Å²) in [4.78, 5) is 11.9. The molecule has 94 valence electrons. The van der Waals surface area contributed by atoms with Gasteiger partial charge in [-0.05, 0) is 38.0 Å². The number of rotatable bonds is 4. The van der Waals surface area contributed by atoms with Gasteiger partial charge >= 0.3 is 5.97 Å². The molecular weight excluding hydrogens is 200 g/mol. The Kier molecular flexibility index (Phi) is 5.30. The molecule has 16 heavy (non-hydrogen) atoms. The molecule has 1 rings (SSSR count). The standard InChI is InChI=1S/C14H26O2/c1-5-12(6-2)9-13-8-10(3)7-11(4)16-14(13)15/h10-13H,5-9H2,1-4H3. The zero-order chi connectivity index (χ0) is 12.1. The van der Waals surface area contributed by atoms with Crippen LogP contribution < -0.4 is 0 Å². The van der Waals surface area contributed by atoms with E-state index in [1.54, 1.807) is 0 Å². The highest BCUT2D eigenvalue weighted by molar-refractivity contribution is 5.72. The normalized spacial score (nSPS) is 31.3. The first-order valence-corrected chi connectivity index (χ1v) is 6.77. The number of hydrogen-bond donors (Lipinski definition) is 0. The Morgan fingerprint density at radius 3 is 2.44 bits per heavy atom. The molecule has 0 saturated carbocycles. The molecule has 0 aliphatic carbocycles. The molecule has 1 saturated heterocycles. The van der Waals surface area contributed by atoms with Crippen LogP contribution in [0.15, 0.2) is 0 Å². The minimum absolute atomic E-state index is 0.0451. The van der Waals surface area contributed by atoms with Crippen molar-refractivity contribution in [3.63, 3.8) is 0 Å². The van der Waals surface area contributed by atoms with Crippen LogP contribution in [0.25, 0.3) is 0 Å². The van der Waals surface area contributed by atoms with Crippen molar-refractivity contribution in [2.24, 2.45) is 17.8 Å². The first kappa shape index (κ1) is 13.5. The minimum Gasteiger partial charge on any atom is -0.462 e. The van der Waals surface area contributed by atoms with Gasteiger partial charge in [0.1, 0.15) is 0 Å². The number of carbonyl (C=O) groups is 1. The molecule has 3 atom stereocenters. The Morgan fingerprint density at radius 1 is 1.25 bits per heavy atom. The Balaban J connectivity index is 2.59. The van der Waals surface area contributed by atoms with Crippen LogP contribution in [0.4, 0.5) is 0 Å². The fraction of sp³-hybridized carbons (Fsp3) is 0.929. The van der Waals surface area contributed by atoms with Gasteiger partial charge < -0.3 is 4.74 Å². The number of carbonyl (C=O) groups excluding carboxylic acids is 1. The van der Waals surface area contributed by atoms with Crippen LogP contribution in [-0.2, 0) is 9.53 Å². The van der Waals surface area contributed by atoms with Gasteiger partial charge in [-0.15, -0.1) is 0 Å². The molecule has 1 aliphatic rings. The van der Waals surface area contributed by atoms with Crippen molar-refractivity contribution in [1.29, 1.82) is 0 Å². The number of cyclic esters (lactones) is 1. The monoisotopic (exact) mass is 226 g/mol. The molecule has 2 heteroatoms. The summed E-state index contributed by atoms with van der Waals surface area (Å²) < 4.78 is 5.45. The van der Waals surface area contributed by atoms with Crippen molar-refractivity contribution in [1.82, 2.24) is 0 Å². The molecule has 3 unspecified atom stereocenters. The maximum atomic E-state index is 11.9. The van der Waals surface area contributed by atoms with Gasteiger partial charge in [0.15, 0.2) is 0 Å². The molecule has 1 fully saturated rings. The smallest absolute Gasteiger partial charge is 0.309 e. The topological polar surface area (TPSA) is 26.3 Å². The third kappa shape index (κ3) is 3.80. The summed E-state index contributed by atoms with van der Waals surface area (Å²) in [5.74, 6) is 1.48. The predicted molar refractivity (Wildman–Crippen MR) is 66.1 cm³/mol. The molecular formula is C14H26O2. The van der Waals surface area contributed by atoms with Gasteiger partial charge in [0.2, 0.25) is 0 Å². The van der Waals surface area contributed by atoms with Gasteiger partial charge in [-0.3, -0.25) is 4.79 Å². The van der Waals surface area contributed by atoms with Crippen LogP contribution in [0, 0.1) is 17.8 Å². The van der Waals surface area contributed by atoms with E-state index in [4.69, 9.17) is 4.74 Å². The van der Waals surface area contributed by atoms with Crippen molar-refractivity contribution in [2.75, 3.05) is 0 Å².